The molecule has 4 fully saturated rings. The Kier molecular flexibility index (Phi) is 6.09. The molecule has 0 bridgehead atoms. The van der Waals surface area contributed by atoms with E-state index < -0.39 is 11.7 Å². The van der Waals surface area contributed by atoms with Crippen LogP contribution in [0.3, 0.4) is 0 Å². The highest BCUT2D eigenvalue weighted by molar-refractivity contribution is 5.96. The summed E-state index contributed by atoms with van der Waals surface area (Å²) in [4.78, 5) is 19.7. The number of aryl methyl sites for hydroxylation is 1. The van der Waals surface area contributed by atoms with Crippen LogP contribution in [-0.2, 0) is 14.3 Å². The Labute approximate surface area is 212 Å². The highest BCUT2D eigenvalue weighted by atomic mass is 19.1. The molecule has 0 unspecified atom stereocenters. The van der Waals surface area contributed by atoms with Crippen molar-refractivity contribution in [3.63, 3.8) is 0 Å². The van der Waals surface area contributed by atoms with E-state index >= 15 is 0 Å². The van der Waals surface area contributed by atoms with E-state index in [0.29, 0.717) is 24.4 Å². The number of alkyl halides is 1. The molecule has 194 valence electrons. The summed E-state index contributed by atoms with van der Waals surface area (Å²) >= 11 is 0. The minimum absolute atomic E-state index is 0.0847. The lowest BCUT2D eigenvalue weighted by molar-refractivity contribution is -0.120. The fraction of sp³-hybridized carbons (Fsp3) is 0.655. The van der Waals surface area contributed by atoms with Gasteiger partial charge >= 0.3 is 0 Å². The van der Waals surface area contributed by atoms with Crippen LogP contribution in [0.1, 0.15) is 63.0 Å². The Morgan fingerprint density at radius 2 is 2.00 bits per heavy atom. The topological polar surface area (TPSA) is 63.7 Å². The third-order valence-corrected chi connectivity index (χ3v) is 9.53. The van der Waals surface area contributed by atoms with E-state index in [1.165, 1.54) is 11.1 Å². The second kappa shape index (κ2) is 9.03. The molecule has 1 amide bonds. The zero-order valence-corrected chi connectivity index (χ0v) is 21.7. The molecule has 6 rings (SSSR count). The number of halogens is 1. The summed E-state index contributed by atoms with van der Waals surface area (Å²) in [6.07, 6.45) is 6.27. The molecule has 1 aromatic heterocycles. The van der Waals surface area contributed by atoms with Gasteiger partial charge in [0.25, 0.3) is 0 Å². The van der Waals surface area contributed by atoms with Crippen molar-refractivity contribution in [1.29, 1.82) is 0 Å². The number of piperidine rings is 1. The molecule has 6 nitrogen and oxygen atoms in total. The van der Waals surface area contributed by atoms with Crippen molar-refractivity contribution in [2.45, 2.75) is 76.6 Å². The second-order valence-electron chi connectivity index (χ2n) is 11.8. The molecule has 2 aromatic rings. The largest absolute Gasteiger partial charge is 0.378 e. The molecule has 36 heavy (non-hydrogen) atoms. The molecular weight excluding hydrogens is 457 g/mol. The van der Waals surface area contributed by atoms with Crippen LogP contribution in [0.25, 0.3) is 10.8 Å². The first kappa shape index (κ1) is 24.3. The fourth-order valence-electron chi connectivity index (χ4n) is 7.05. The average molecular weight is 496 g/mol. The Balaban J connectivity index is 1.12. The van der Waals surface area contributed by atoms with Gasteiger partial charge in [-0.3, -0.25) is 9.69 Å². The molecule has 1 spiro atoms. The summed E-state index contributed by atoms with van der Waals surface area (Å²) in [7, 11) is 0. The summed E-state index contributed by atoms with van der Waals surface area (Å²) in [6, 6.07) is 6.49. The Bertz CT molecular complexity index is 1160. The first-order valence-electron chi connectivity index (χ1n) is 13.6. The number of rotatable bonds is 6. The van der Waals surface area contributed by atoms with Crippen molar-refractivity contribution in [2.24, 2.45) is 11.3 Å². The summed E-state index contributed by atoms with van der Waals surface area (Å²) in [5, 5.41) is 5.27. The first-order valence-corrected chi connectivity index (χ1v) is 13.6. The average Bonchev–Trinajstić information content (AvgIpc) is 3.50. The van der Waals surface area contributed by atoms with Crippen molar-refractivity contribution in [3.05, 3.63) is 35.5 Å². The van der Waals surface area contributed by atoms with Crippen LogP contribution in [0.15, 0.2) is 24.4 Å². The number of carbonyl (C=O) groups is 1. The van der Waals surface area contributed by atoms with Crippen LogP contribution in [0.2, 0.25) is 0 Å². The lowest BCUT2D eigenvalue weighted by Gasteiger charge is -2.43. The van der Waals surface area contributed by atoms with Crippen molar-refractivity contribution in [2.75, 3.05) is 38.2 Å². The number of ether oxygens (including phenoxy) is 2. The minimum Gasteiger partial charge on any atom is -0.378 e. The van der Waals surface area contributed by atoms with Crippen LogP contribution < -0.4 is 5.32 Å². The van der Waals surface area contributed by atoms with Gasteiger partial charge in [-0.1, -0.05) is 6.07 Å². The number of hydrogen-bond acceptors (Lipinski definition) is 5. The molecule has 1 aromatic carbocycles. The number of benzene rings is 1. The van der Waals surface area contributed by atoms with E-state index in [9.17, 15) is 9.18 Å². The van der Waals surface area contributed by atoms with Crippen LogP contribution >= 0.6 is 0 Å². The van der Waals surface area contributed by atoms with Gasteiger partial charge in [-0.15, -0.1) is 0 Å². The summed E-state index contributed by atoms with van der Waals surface area (Å²) < 4.78 is 25.6. The third kappa shape index (κ3) is 4.13. The molecule has 2 aliphatic heterocycles. The molecule has 2 saturated carbocycles. The molecule has 3 heterocycles. The quantitative estimate of drug-likeness (QED) is 0.612. The van der Waals surface area contributed by atoms with Gasteiger partial charge in [-0.25, -0.2) is 9.37 Å². The summed E-state index contributed by atoms with van der Waals surface area (Å²) in [6.45, 7) is 9.39. The minimum atomic E-state index is -0.918. The predicted octanol–water partition coefficient (Wildman–Crippen LogP) is 4.99. The maximum atomic E-state index is 14.5. The van der Waals surface area contributed by atoms with Gasteiger partial charge in [-0.2, -0.15) is 0 Å². The van der Waals surface area contributed by atoms with Crippen molar-refractivity contribution >= 4 is 22.5 Å². The lowest BCUT2D eigenvalue weighted by Crippen LogP contribution is -2.55. The molecule has 2 aliphatic carbocycles. The van der Waals surface area contributed by atoms with E-state index in [0.717, 1.165) is 62.6 Å². The van der Waals surface area contributed by atoms with Crippen LogP contribution in [-0.4, -0.2) is 66.5 Å². The van der Waals surface area contributed by atoms with Gasteiger partial charge in [0.1, 0.15) is 12.0 Å². The molecule has 0 radical (unpaired) electrons. The smallest absolute Gasteiger partial charge is 0.229 e. The predicted molar refractivity (Wildman–Crippen MR) is 138 cm³/mol. The summed E-state index contributed by atoms with van der Waals surface area (Å²) in [5.41, 5.74) is 2.30. The Morgan fingerprint density at radius 3 is 2.69 bits per heavy atom. The number of anilines is 1. The number of aromatic nitrogens is 1. The fourth-order valence-corrected chi connectivity index (χ4v) is 7.05. The highest BCUT2D eigenvalue weighted by Crippen LogP contribution is 2.66. The van der Waals surface area contributed by atoms with Crippen molar-refractivity contribution in [1.82, 2.24) is 9.88 Å². The maximum Gasteiger partial charge on any atom is 0.229 e. The van der Waals surface area contributed by atoms with Gasteiger partial charge in [0.05, 0.1) is 24.9 Å². The number of nitrogens with one attached hydrogen (secondary N) is 1. The Hall–Kier alpha value is -2.09. The number of carbonyl (C=O) groups excluding carboxylic acids is 1. The Morgan fingerprint density at radius 1 is 1.22 bits per heavy atom. The van der Waals surface area contributed by atoms with E-state index in [-0.39, 0.29) is 23.8 Å². The molecule has 2 saturated heterocycles. The normalized spacial score (nSPS) is 34.7. The van der Waals surface area contributed by atoms with Gasteiger partial charge < -0.3 is 14.8 Å². The molecule has 1 N–H and O–H groups in total. The first-order chi connectivity index (χ1) is 17.3. The monoisotopic (exact) mass is 495 g/mol. The van der Waals surface area contributed by atoms with Crippen molar-refractivity contribution in [3.8, 4) is 0 Å². The van der Waals surface area contributed by atoms with Crippen LogP contribution in [0.4, 0.5) is 10.2 Å². The maximum absolute atomic E-state index is 14.5. The zero-order chi connectivity index (χ0) is 25.1. The molecular formula is C29H38FN3O3. The number of amides is 1. The number of hydrogen-bond donors (Lipinski definition) is 1. The third-order valence-electron chi connectivity index (χ3n) is 9.53. The van der Waals surface area contributed by atoms with E-state index in [2.05, 4.69) is 34.3 Å². The van der Waals surface area contributed by atoms with Gasteiger partial charge in [0.15, 0.2) is 0 Å². The highest BCUT2D eigenvalue weighted by Gasteiger charge is 2.64. The van der Waals surface area contributed by atoms with Crippen molar-refractivity contribution < 1.29 is 18.7 Å². The standard InChI is InChI=1S/C29H38FN3O3/c1-4-36-22-12-29(13-22)14-24(29)27(34)32-26-11-20-10-23(18(2)9-21(20)15-31-26)19-5-7-33(8-6-19)28(3)17-35-16-25(28)30/h9-11,15,19,22,24-25H,4-8,12-14,16-17H2,1-3H3,(H,31,32,34)/t22?,24-,25-,28+,29?/m0/s1. The van der Waals surface area contributed by atoms with Crippen LogP contribution in [0, 0.1) is 18.3 Å². The lowest BCUT2D eigenvalue weighted by atomic mass is 9.77. The number of likely N-dealkylation sites (tertiary alicyclic amines) is 1. The van der Waals surface area contributed by atoms with Gasteiger partial charge in [0.2, 0.25) is 5.91 Å². The van der Waals surface area contributed by atoms with Gasteiger partial charge in [0, 0.05) is 24.1 Å². The molecule has 4 aliphatic rings. The van der Waals surface area contributed by atoms with E-state index in [1.807, 2.05) is 26.1 Å². The number of fused-ring (bicyclic) bond motifs is 1. The summed E-state index contributed by atoms with van der Waals surface area (Å²) in [5.74, 6) is 1.25. The van der Waals surface area contributed by atoms with E-state index in [1.54, 1.807) is 0 Å². The SMILES string of the molecule is CCOC1CC2(C1)C[C@H]2C(=O)Nc1cc2cc(C3CCN([C@]4(C)COC[C@@H]4F)CC3)c(C)cc2cn1. The van der Waals surface area contributed by atoms with Gasteiger partial charge in [-0.05, 0) is 106 Å². The zero-order valence-electron chi connectivity index (χ0n) is 21.7. The molecule has 3 atom stereocenters. The van der Waals surface area contributed by atoms with Crippen LogP contribution in [0.5, 0.6) is 0 Å². The number of pyridine rings is 1. The second-order valence-corrected chi connectivity index (χ2v) is 11.8. The number of nitrogens with zero attached hydrogens (tertiary/aromatic N) is 2. The molecule has 7 heteroatoms. The van der Waals surface area contributed by atoms with E-state index in [4.69, 9.17) is 9.47 Å².